The topological polar surface area (TPSA) is 94.9 Å². The number of aromatic hydroxyl groups is 1. The van der Waals surface area contributed by atoms with Gasteiger partial charge in [0.15, 0.2) is 11.4 Å². The van der Waals surface area contributed by atoms with Crippen LogP contribution in [0.15, 0.2) is 53.5 Å². The van der Waals surface area contributed by atoms with Gasteiger partial charge < -0.3 is 15.3 Å². The fourth-order valence-corrected chi connectivity index (χ4v) is 4.32. The summed E-state index contributed by atoms with van der Waals surface area (Å²) in [6, 6.07) is 10.5. The van der Waals surface area contributed by atoms with Crippen molar-refractivity contribution < 1.29 is 23.5 Å². The molecule has 8 nitrogen and oxygen atoms in total. The smallest absolute Gasteiger partial charge is 0.278 e. The molecule has 33 heavy (non-hydrogen) atoms. The molecule has 3 heterocycles. The third kappa shape index (κ3) is 3.13. The normalized spacial score (nSPS) is 16.3. The highest BCUT2D eigenvalue weighted by atomic mass is 19.1. The number of fused-ring (bicyclic) bond motifs is 5. The van der Waals surface area contributed by atoms with Crippen LogP contribution in [0.2, 0.25) is 0 Å². The molecule has 0 spiro atoms. The Morgan fingerprint density at radius 2 is 1.94 bits per heavy atom. The van der Waals surface area contributed by atoms with E-state index >= 15 is 0 Å². The Hall–Kier alpha value is -4.21. The number of carbonyl (C=O) groups excluding carboxylic acids is 2. The molecular weight excluding hydrogens is 434 g/mol. The van der Waals surface area contributed by atoms with Crippen molar-refractivity contribution in [2.24, 2.45) is 0 Å². The molecule has 2 N–H and O–H groups in total. The van der Waals surface area contributed by atoms with E-state index in [9.17, 15) is 28.3 Å². The molecule has 2 aliphatic heterocycles. The number of hydrogen-bond donors (Lipinski definition) is 2. The van der Waals surface area contributed by atoms with Crippen molar-refractivity contribution >= 4 is 11.8 Å². The molecule has 168 valence electrons. The van der Waals surface area contributed by atoms with Crippen LogP contribution in [0.4, 0.5) is 8.78 Å². The van der Waals surface area contributed by atoms with Gasteiger partial charge in [0.2, 0.25) is 5.43 Å². The summed E-state index contributed by atoms with van der Waals surface area (Å²) in [7, 11) is 1.58. The monoisotopic (exact) mass is 452 g/mol. The van der Waals surface area contributed by atoms with E-state index in [0.29, 0.717) is 12.6 Å². The van der Waals surface area contributed by atoms with Crippen molar-refractivity contribution in [3.63, 3.8) is 0 Å². The van der Waals surface area contributed by atoms with Crippen molar-refractivity contribution in [2.75, 3.05) is 12.1 Å². The molecular formula is C23H18F2N4O4. The van der Waals surface area contributed by atoms with Gasteiger partial charge in [-0.3, -0.25) is 24.1 Å². The highest BCUT2D eigenvalue weighted by Crippen LogP contribution is 2.39. The average Bonchev–Trinajstić information content (AvgIpc) is 3.18. The highest BCUT2D eigenvalue weighted by Gasteiger charge is 2.43. The van der Waals surface area contributed by atoms with Crippen LogP contribution in [0.25, 0.3) is 0 Å². The standard InChI is InChI=1S/C23H18F2N4O4/c1-27-22-15-5-3-2-4-13(15)10-29(22)28-11-16(19(30)20(31)18(28)23(27)33)21(32)26-9-12-6-7-14(24)8-17(12)25/h2-8,11,22,31H,9-10H2,1H3,(H,26,32)/t22-/m0/s1. The molecule has 10 heteroatoms. The van der Waals surface area contributed by atoms with Crippen LogP contribution >= 0.6 is 0 Å². The maximum Gasteiger partial charge on any atom is 0.278 e. The van der Waals surface area contributed by atoms with Gasteiger partial charge in [-0.25, -0.2) is 8.78 Å². The molecule has 0 bridgehead atoms. The van der Waals surface area contributed by atoms with Gasteiger partial charge in [0.05, 0.1) is 6.54 Å². The van der Waals surface area contributed by atoms with Crippen LogP contribution in [-0.2, 0) is 13.1 Å². The predicted molar refractivity (Wildman–Crippen MR) is 113 cm³/mol. The van der Waals surface area contributed by atoms with Gasteiger partial charge in [-0.15, -0.1) is 0 Å². The van der Waals surface area contributed by atoms with Gasteiger partial charge in [-0.05, 0) is 11.6 Å². The molecule has 0 aliphatic carbocycles. The number of nitrogens with zero attached hydrogens (tertiary/aromatic N) is 3. The SMILES string of the molecule is CN1C(=O)c2c(O)c(=O)c(C(=O)NCc3ccc(F)cc3F)cn2N2Cc3ccccc3[C@@H]12. The first-order valence-corrected chi connectivity index (χ1v) is 10.1. The third-order valence-corrected chi connectivity index (χ3v) is 5.98. The minimum absolute atomic E-state index is 0.0268. The van der Waals surface area contributed by atoms with Crippen molar-refractivity contribution in [3.8, 4) is 5.75 Å². The lowest BCUT2D eigenvalue weighted by Gasteiger charge is -2.41. The highest BCUT2D eigenvalue weighted by molar-refractivity contribution is 5.99. The van der Waals surface area contributed by atoms with Gasteiger partial charge in [0.25, 0.3) is 11.8 Å². The third-order valence-electron chi connectivity index (χ3n) is 5.98. The molecule has 2 amide bonds. The Kier molecular flexibility index (Phi) is 4.66. The fourth-order valence-electron chi connectivity index (χ4n) is 4.32. The van der Waals surface area contributed by atoms with Crippen molar-refractivity contribution in [1.82, 2.24) is 14.9 Å². The molecule has 1 atom stereocenters. The zero-order valence-corrected chi connectivity index (χ0v) is 17.4. The Morgan fingerprint density at radius 1 is 1.18 bits per heavy atom. The first kappa shape index (κ1) is 20.7. The van der Waals surface area contributed by atoms with E-state index in [1.54, 1.807) is 12.1 Å². The number of hydrogen-bond acceptors (Lipinski definition) is 5. The second-order valence-electron chi connectivity index (χ2n) is 7.92. The Morgan fingerprint density at radius 3 is 2.70 bits per heavy atom. The molecule has 0 saturated carbocycles. The van der Waals surface area contributed by atoms with Gasteiger partial charge >= 0.3 is 0 Å². The zero-order valence-electron chi connectivity index (χ0n) is 17.4. The number of carbonyl (C=O) groups is 2. The van der Waals surface area contributed by atoms with E-state index < -0.39 is 46.4 Å². The summed E-state index contributed by atoms with van der Waals surface area (Å²) in [4.78, 5) is 39.9. The van der Waals surface area contributed by atoms with Crippen LogP contribution in [0.1, 0.15) is 43.7 Å². The van der Waals surface area contributed by atoms with Gasteiger partial charge in [0, 0.05) is 37.0 Å². The lowest BCUT2D eigenvalue weighted by molar-refractivity contribution is 0.0640. The molecule has 2 aromatic carbocycles. The molecule has 2 aliphatic rings. The molecule has 0 saturated heterocycles. The molecule has 0 unspecified atom stereocenters. The van der Waals surface area contributed by atoms with Crippen LogP contribution < -0.4 is 15.8 Å². The molecule has 0 radical (unpaired) electrons. The summed E-state index contributed by atoms with van der Waals surface area (Å²) < 4.78 is 28.3. The first-order chi connectivity index (χ1) is 15.8. The minimum atomic E-state index is -1.02. The van der Waals surface area contributed by atoms with Gasteiger partial charge in [0.1, 0.15) is 23.4 Å². The number of benzene rings is 2. The van der Waals surface area contributed by atoms with Gasteiger partial charge in [-0.2, -0.15) is 0 Å². The maximum atomic E-state index is 13.9. The number of aromatic nitrogens is 1. The second-order valence-corrected chi connectivity index (χ2v) is 7.92. The quantitative estimate of drug-likeness (QED) is 0.634. The van der Waals surface area contributed by atoms with Crippen LogP contribution in [0.3, 0.4) is 0 Å². The summed E-state index contributed by atoms with van der Waals surface area (Å²) in [5.41, 5.74) is 0.216. The minimum Gasteiger partial charge on any atom is -0.502 e. The Balaban J connectivity index is 1.53. The van der Waals surface area contributed by atoms with E-state index in [0.717, 1.165) is 17.2 Å². The lowest BCUT2D eigenvalue weighted by Crippen LogP contribution is -2.52. The molecule has 5 rings (SSSR count). The summed E-state index contributed by atoms with van der Waals surface area (Å²) >= 11 is 0. The fraction of sp³-hybridized carbons (Fsp3) is 0.174. The Bertz CT molecular complexity index is 1390. The summed E-state index contributed by atoms with van der Waals surface area (Å²) in [6.45, 7) is 0.0853. The second kappa shape index (κ2) is 7.44. The number of halogens is 2. The summed E-state index contributed by atoms with van der Waals surface area (Å²) in [6.07, 6.45) is 0.727. The number of nitrogens with one attached hydrogen (secondary N) is 1. The lowest BCUT2D eigenvalue weighted by atomic mass is 10.1. The van der Waals surface area contributed by atoms with E-state index in [2.05, 4.69) is 5.32 Å². The first-order valence-electron chi connectivity index (χ1n) is 10.1. The number of amides is 2. The van der Waals surface area contributed by atoms with E-state index in [1.165, 1.54) is 21.8 Å². The van der Waals surface area contributed by atoms with E-state index in [1.807, 2.05) is 24.3 Å². The number of pyridine rings is 1. The number of rotatable bonds is 3. The summed E-state index contributed by atoms with van der Waals surface area (Å²) in [5, 5.41) is 14.7. The average molecular weight is 452 g/mol. The maximum absolute atomic E-state index is 13.9. The Labute approximate surface area is 186 Å². The van der Waals surface area contributed by atoms with Crippen LogP contribution in [0, 0.1) is 11.6 Å². The van der Waals surface area contributed by atoms with Crippen LogP contribution in [-0.4, -0.2) is 33.5 Å². The summed E-state index contributed by atoms with van der Waals surface area (Å²) in [5.74, 6) is -3.87. The zero-order chi connectivity index (χ0) is 23.4. The molecule has 3 aromatic rings. The van der Waals surface area contributed by atoms with Crippen molar-refractivity contribution in [1.29, 1.82) is 0 Å². The molecule has 1 aromatic heterocycles. The van der Waals surface area contributed by atoms with E-state index in [-0.39, 0.29) is 17.8 Å². The predicted octanol–water partition coefficient (Wildman–Crippen LogP) is 2.00. The molecule has 0 fully saturated rings. The van der Waals surface area contributed by atoms with Crippen molar-refractivity contribution in [2.45, 2.75) is 19.3 Å². The van der Waals surface area contributed by atoms with Crippen LogP contribution in [0.5, 0.6) is 5.75 Å². The van der Waals surface area contributed by atoms with E-state index in [4.69, 9.17) is 0 Å². The van der Waals surface area contributed by atoms with Crippen molar-refractivity contribution in [3.05, 3.63) is 98.5 Å². The largest absolute Gasteiger partial charge is 0.502 e. The van der Waals surface area contributed by atoms with Gasteiger partial charge in [-0.1, -0.05) is 30.3 Å².